The van der Waals surface area contributed by atoms with E-state index in [4.69, 9.17) is 112 Å². The molecule has 2 rings (SSSR count). The van der Waals surface area contributed by atoms with Gasteiger partial charge in [-0.25, -0.2) is 4.79 Å². The number of hydrogen-bond acceptors (Lipinski definition) is 5. The van der Waals surface area contributed by atoms with Crippen LogP contribution in [-0.2, 0) is 0 Å². The number of carbonyl (C=O) groups is 1. The van der Waals surface area contributed by atoms with Gasteiger partial charge >= 0.3 is 14.1 Å². The van der Waals surface area contributed by atoms with Gasteiger partial charge in [0.25, 0.3) is 0 Å². The number of benzene rings is 2. The van der Waals surface area contributed by atoms with Crippen molar-refractivity contribution in [3.63, 3.8) is 0 Å². The van der Waals surface area contributed by atoms with Crippen LogP contribution in [0.2, 0.25) is 10.0 Å². The summed E-state index contributed by atoms with van der Waals surface area (Å²) < 4.78 is 16.0. The first kappa shape index (κ1) is 23.9. The fourth-order valence-electron chi connectivity index (χ4n) is 1.72. The average molecular weight is 550 g/mol. The van der Waals surface area contributed by atoms with E-state index in [1.807, 2.05) is 0 Å². The van der Waals surface area contributed by atoms with Crippen molar-refractivity contribution in [1.29, 1.82) is 0 Å². The maximum Gasteiger partial charge on any atom is 0.519 e. The van der Waals surface area contributed by atoms with Crippen molar-refractivity contribution in [2.24, 2.45) is 0 Å². The molecule has 152 valence electrons. The smallest absolute Gasteiger partial charge is 0.445 e. The van der Waals surface area contributed by atoms with Crippen LogP contribution >= 0.6 is 92.8 Å². The Morgan fingerprint density at radius 1 is 0.679 bits per heavy atom. The van der Waals surface area contributed by atoms with E-state index in [1.54, 1.807) is 0 Å². The molecule has 0 aliphatic carbocycles. The first-order valence-electron chi connectivity index (χ1n) is 6.83. The molecule has 0 saturated heterocycles. The summed E-state index contributed by atoms with van der Waals surface area (Å²) in [5, 5.41) is 0.126. The summed E-state index contributed by atoms with van der Waals surface area (Å²) in [6.07, 6.45) is -1.18. The van der Waals surface area contributed by atoms with Crippen LogP contribution in [0.5, 0.6) is 23.0 Å². The molecule has 0 heterocycles. The van der Waals surface area contributed by atoms with Crippen molar-refractivity contribution in [2.45, 2.75) is 7.96 Å². The molecule has 0 bridgehead atoms. The number of hydrogen-bond donors (Lipinski definition) is 0. The summed E-state index contributed by atoms with van der Waals surface area (Å²) in [7, 11) is 0. The first-order valence-corrected chi connectivity index (χ1v) is 9.85. The van der Waals surface area contributed by atoms with Gasteiger partial charge in [-0.15, -0.1) is 0 Å². The highest BCUT2D eigenvalue weighted by molar-refractivity contribution is 6.66. The van der Waals surface area contributed by atoms with Gasteiger partial charge in [0.1, 0.15) is 11.5 Å². The summed E-state index contributed by atoms with van der Waals surface area (Å²) in [6.45, 7) is 0. The summed E-state index contributed by atoms with van der Waals surface area (Å²) in [5.41, 5.74) is 0. The van der Waals surface area contributed by atoms with Crippen molar-refractivity contribution in [1.82, 2.24) is 0 Å². The van der Waals surface area contributed by atoms with Crippen molar-refractivity contribution in [3.05, 3.63) is 46.4 Å². The highest BCUT2D eigenvalue weighted by Gasteiger charge is 2.24. The minimum absolute atomic E-state index is 0.0630. The number of halogens is 8. The van der Waals surface area contributed by atoms with E-state index < -0.39 is 14.1 Å². The maximum absolute atomic E-state index is 12.1. The minimum atomic E-state index is -2.03. The van der Waals surface area contributed by atoms with Crippen LogP contribution in [0, 0.1) is 0 Å². The molecule has 0 aliphatic heterocycles. The van der Waals surface area contributed by atoms with E-state index in [-0.39, 0.29) is 33.0 Å². The number of alkyl halides is 6. The lowest BCUT2D eigenvalue weighted by atomic mass is 10.3. The van der Waals surface area contributed by atoms with Gasteiger partial charge in [0.2, 0.25) is 0 Å². The zero-order chi connectivity index (χ0) is 21.1. The van der Waals surface area contributed by atoms with Crippen LogP contribution < -0.4 is 18.9 Å². The molecule has 0 N–H and O–H groups in total. The molecule has 0 spiro atoms. The van der Waals surface area contributed by atoms with Crippen molar-refractivity contribution >= 4 is 99.0 Å². The Morgan fingerprint density at radius 2 is 1.04 bits per heavy atom. The molecule has 0 amide bonds. The third-order valence-corrected chi connectivity index (χ3v) is 3.75. The standard InChI is InChI=1S/C15H6Cl8O5/c16-9-3-1-7(27-14(18,19)20)5-11(9)25-13(24)26-12-6-8(2-4-10(12)17)28-15(21,22)23/h1-6H. The second-order valence-electron chi connectivity index (χ2n) is 4.73. The molecule has 0 radical (unpaired) electrons. The molecular formula is C15H6Cl8O5. The Balaban J connectivity index is 2.14. The largest absolute Gasteiger partial charge is 0.519 e. The normalized spacial score (nSPS) is 11.7. The van der Waals surface area contributed by atoms with E-state index in [0.717, 1.165) is 0 Å². The lowest BCUT2D eigenvalue weighted by Crippen LogP contribution is -2.16. The third-order valence-electron chi connectivity index (χ3n) is 2.66. The van der Waals surface area contributed by atoms with Gasteiger partial charge in [-0.3, -0.25) is 0 Å². The highest BCUT2D eigenvalue weighted by atomic mass is 35.6. The van der Waals surface area contributed by atoms with Crippen molar-refractivity contribution in [3.8, 4) is 23.0 Å². The van der Waals surface area contributed by atoms with Crippen LogP contribution in [-0.4, -0.2) is 14.1 Å². The van der Waals surface area contributed by atoms with E-state index in [0.29, 0.717) is 0 Å². The Hall–Kier alpha value is -0.370. The predicted molar refractivity (Wildman–Crippen MR) is 111 cm³/mol. The second kappa shape index (κ2) is 9.63. The molecule has 0 fully saturated rings. The Morgan fingerprint density at radius 3 is 1.36 bits per heavy atom. The molecule has 0 aromatic heterocycles. The maximum atomic E-state index is 12.1. The van der Waals surface area contributed by atoms with Crippen LogP contribution in [0.3, 0.4) is 0 Å². The van der Waals surface area contributed by atoms with Gasteiger partial charge in [0.05, 0.1) is 10.0 Å². The molecule has 0 atom stereocenters. The number of rotatable bonds is 4. The molecule has 2 aromatic rings. The van der Waals surface area contributed by atoms with Gasteiger partial charge in [-0.1, -0.05) is 23.2 Å². The fraction of sp³-hybridized carbons (Fsp3) is 0.133. The van der Waals surface area contributed by atoms with E-state index >= 15 is 0 Å². The highest BCUT2D eigenvalue weighted by Crippen LogP contribution is 2.37. The van der Waals surface area contributed by atoms with Gasteiger partial charge in [-0.2, -0.15) is 0 Å². The molecule has 13 heteroatoms. The van der Waals surface area contributed by atoms with Crippen LogP contribution in [0.1, 0.15) is 0 Å². The van der Waals surface area contributed by atoms with Crippen LogP contribution in [0.15, 0.2) is 36.4 Å². The van der Waals surface area contributed by atoms with E-state index in [1.165, 1.54) is 36.4 Å². The van der Waals surface area contributed by atoms with Gasteiger partial charge < -0.3 is 18.9 Å². The van der Waals surface area contributed by atoms with Crippen molar-refractivity contribution in [2.75, 3.05) is 0 Å². The predicted octanol–water partition coefficient (Wildman–Crippen LogP) is 7.98. The van der Waals surface area contributed by atoms with Crippen LogP contribution in [0.4, 0.5) is 4.79 Å². The second-order valence-corrected chi connectivity index (χ2v) is 9.90. The SMILES string of the molecule is O=C(Oc1cc(OC(Cl)(Cl)Cl)ccc1Cl)Oc1cc(OC(Cl)(Cl)Cl)ccc1Cl. The summed E-state index contributed by atoms with van der Waals surface area (Å²) in [4.78, 5) is 12.1. The van der Waals surface area contributed by atoms with E-state index in [9.17, 15) is 4.79 Å². The topological polar surface area (TPSA) is 54.0 Å². The monoisotopic (exact) mass is 546 g/mol. The Labute approximate surface area is 199 Å². The Bertz CT molecular complexity index is 793. The number of ether oxygens (including phenoxy) is 4. The fourth-order valence-corrected chi connectivity index (χ4v) is 2.57. The molecule has 5 nitrogen and oxygen atoms in total. The van der Waals surface area contributed by atoms with Crippen molar-refractivity contribution < 1.29 is 23.7 Å². The zero-order valence-electron chi connectivity index (χ0n) is 13.0. The third kappa shape index (κ3) is 8.17. The molecule has 0 saturated carbocycles. The average Bonchev–Trinajstić information content (AvgIpc) is 2.51. The van der Waals surface area contributed by atoms with Crippen LogP contribution in [0.25, 0.3) is 0 Å². The first-order chi connectivity index (χ1) is 12.8. The molecule has 0 aliphatic rings. The Kier molecular flexibility index (Phi) is 8.22. The summed E-state index contributed by atoms with van der Waals surface area (Å²) in [5.74, 6) is -0.0990. The number of carbonyl (C=O) groups excluding carboxylic acids is 1. The lowest BCUT2D eigenvalue weighted by Gasteiger charge is -2.16. The molecule has 0 unspecified atom stereocenters. The quantitative estimate of drug-likeness (QED) is 0.220. The van der Waals surface area contributed by atoms with Gasteiger partial charge in [0.15, 0.2) is 11.5 Å². The summed E-state index contributed by atoms with van der Waals surface area (Å²) >= 11 is 45.2. The van der Waals surface area contributed by atoms with Gasteiger partial charge in [-0.05, 0) is 93.9 Å². The summed E-state index contributed by atoms with van der Waals surface area (Å²) in [6, 6.07) is 7.95. The lowest BCUT2D eigenvalue weighted by molar-refractivity contribution is 0.151. The van der Waals surface area contributed by atoms with Gasteiger partial charge in [0, 0.05) is 12.1 Å². The van der Waals surface area contributed by atoms with E-state index in [2.05, 4.69) is 0 Å². The molecular weight excluding hydrogens is 544 g/mol. The minimum Gasteiger partial charge on any atom is -0.445 e. The zero-order valence-corrected chi connectivity index (χ0v) is 19.1. The molecule has 28 heavy (non-hydrogen) atoms. The molecule has 2 aromatic carbocycles.